The number of piperidine rings is 1. The van der Waals surface area contributed by atoms with Crippen LogP contribution < -0.4 is 9.64 Å². The van der Waals surface area contributed by atoms with Crippen LogP contribution in [-0.4, -0.2) is 80.2 Å². The van der Waals surface area contributed by atoms with Crippen molar-refractivity contribution in [1.82, 2.24) is 19.9 Å². The summed E-state index contributed by atoms with van der Waals surface area (Å²) in [6.45, 7) is 2.46. The number of rotatable bonds is 3. The second-order valence-electron chi connectivity index (χ2n) is 13.3. The number of benzene rings is 1. The van der Waals surface area contributed by atoms with Crippen LogP contribution in [0.3, 0.4) is 0 Å². The quantitative estimate of drug-likeness (QED) is 0.346. The van der Waals surface area contributed by atoms with Gasteiger partial charge in [0.15, 0.2) is 5.82 Å². The molecule has 8 rings (SSSR count). The van der Waals surface area contributed by atoms with E-state index in [0.29, 0.717) is 67.1 Å². The molecule has 3 saturated heterocycles. The van der Waals surface area contributed by atoms with Crippen LogP contribution in [0.15, 0.2) is 18.3 Å². The van der Waals surface area contributed by atoms with Gasteiger partial charge in [0.05, 0.1) is 16.5 Å². The Morgan fingerprint density at radius 1 is 1.02 bits per heavy atom. The first kappa shape index (κ1) is 29.9. The maximum atomic E-state index is 16.7. The molecule has 2 aromatic heterocycles. The number of aromatic nitrogens is 3. The van der Waals surface area contributed by atoms with E-state index in [-0.39, 0.29) is 29.6 Å². The predicted octanol–water partition coefficient (Wildman–Crippen LogP) is 6.37. The minimum absolute atomic E-state index is 0.0216. The molecular formula is C33H40ClF2N5O3. The van der Waals surface area contributed by atoms with Gasteiger partial charge >= 0.3 is 6.01 Å². The molecule has 0 amide bonds. The normalized spacial score (nSPS) is 27.9. The third-order valence-electron chi connectivity index (χ3n) is 10.2. The molecule has 6 bridgehead atoms. The zero-order valence-corrected chi connectivity index (χ0v) is 25.8. The van der Waals surface area contributed by atoms with Crippen LogP contribution in [-0.2, 0) is 6.42 Å². The van der Waals surface area contributed by atoms with Crippen molar-refractivity contribution < 1.29 is 23.7 Å². The highest BCUT2D eigenvalue weighted by atomic mass is 35.5. The molecular weight excluding hydrogens is 588 g/mol. The van der Waals surface area contributed by atoms with Crippen LogP contribution in [0, 0.1) is 5.82 Å². The predicted molar refractivity (Wildman–Crippen MR) is 166 cm³/mol. The summed E-state index contributed by atoms with van der Waals surface area (Å²) in [5.41, 5.74) is -0.00622. The van der Waals surface area contributed by atoms with Gasteiger partial charge in [-0.25, -0.2) is 8.78 Å². The monoisotopic (exact) mass is 627 g/mol. The number of anilines is 1. The van der Waals surface area contributed by atoms with Crippen molar-refractivity contribution in [1.29, 1.82) is 0 Å². The Bertz CT molecular complexity index is 1560. The maximum Gasteiger partial charge on any atom is 0.319 e. The molecule has 3 atom stereocenters. The third-order valence-corrected chi connectivity index (χ3v) is 10.6. The van der Waals surface area contributed by atoms with Gasteiger partial charge in [0, 0.05) is 42.8 Å². The number of aliphatic hydroxyl groups is 1. The van der Waals surface area contributed by atoms with Gasteiger partial charge in [-0.05, 0) is 69.2 Å². The SMILES string of the molecule is Oc1cc(Cl)c2c(c1)-c1ncc3c(nc(OCC45CCCN4C[C@H](F)C5)nc3c1F)N1CCCC(O)(CCCCCCC2)C1. The van der Waals surface area contributed by atoms with Gasteiger partial charge in [-0.3, -0.25) is 9.88 Å². The number of pyridine rings is 1. The lowest BCUT2D eigenvalue weighted by molar-refractivity contribution is 0.0151. The molecule has 2 N–H and O–H groups in total. The summed E-state index contributed by atoms with van der Waals surface area (Å²) < 4.78 is 37.4. The molecule has 44 heavy (non-hydrogen) atoms. The van der Waals surface area contributed by atoms with Crippen molar-refractivity contribution in [2.24, 2.45) is 0 Å². The van der Waals surface area contributed by atoms with Crippen molar-refractivity contribution in [3.63, 3.8) is 0 Å². The van der Waals surface area contributed by atoms with Crippen LogP contribution in [0.5, 0.6) is 11.8 Å². The van der Waals surface area contributed by atoms with Crippen LogP contribution in [0.4, 0.5) is 14.6 Å². The Balaban J connectivity index is 1.35. The molecule has 0 radical (unpaired) electrons. The number of alkyl halides is 1. The summed E-state index contributed by atoms with van der Waals surface area (Å²) in [7, 11) is 0. The first-order chi connectivity index (χ1) is 21.2. The molecule has 5 aliphatic rings. The Kier molecular flexibility index (Phi) is 8.04. The molecule has 0 saturated carbocycles. The Morgan fingerprint density at radius 2 is 1.82 bits per heavy atom. The van der Waals surface area contributed by atoms with Gasteiger partial charge < -0.3 is 19.8 Å². The number of hydrogen-bond donors (Lipinski definition) is 2. The zero-order valence-electron chi connectivity index (χ0n) is 25.0. The molecule has 3 fully saturated rings. The van der Waals surface area contributed by atoms with Crippen molar-refractivity contribution in [3.05, 3.63) is 34.7 Å². The lowest BCUT2D eigenvalue weighted by Crippen LogP contribution is -2.48. The standard InChI is InChI=1S/C33H40ClF2N5O3/c34-26-15-22(42)14-24-23(26)8-4-2-1-3-5-10-33(43)11-7-12-40(19-33)30-25-17-37-28(24)27(36)29(25)38-31(39-30)44-20-32-9-6-13-41(32)18-21(35)16-32/h14-15,17,21,42-43H,1-13,16,18-20H2/t21-,32?,33?/m1/s1. The summed E-state index contributed by atoms with van der Waals surface area (Å²) in [5, 5.41) is 22.9. The average Bonchev–Trinajstić information content (AvgIpc) is 3.51. The lowest BCUT2D eigenvalue weighted by atomic mass is 9.87. The number of phenols is 1. The van der Waals surface area contributed by atoms with E-state index in [1.807, 2.05) is 4.90 Å². The number of aromatic hydroxyl groups is 1. The third kappa shape index (κ3) is 5.58. The number of nitrogens with zero attached hydrogens (tertiary/aromatic N) is 5. The van der Waals surface area contributed by atoms with Crippen LogP contribution >= 0.6 is 11.6 Å². The van der Waals surface area contributed by atoms with Gasteiger partial charge in [-0.15, -0.1) is 0 Å². The number of ether oxygens (including phenoxy) is 1. The fraction of sp³-hybridized carbons (Fsp3) is 0.606. The van der Waals surface area contributed by atoms with Crippen molar-refractivity contribution >= 4 is 28.3 Å². The molecule has 2 unspecified atom stereocenters. The number of phenolic OH excluding ortho intramolecular Hbond substituents is 1. The summed E-state index contributed by atoms with van der Waals surface area (Å²) in [6.07, 6.45) is 10.4. The van der Waals surface area contributed by atoms with E-state index in [4.69, 9.17) is 21.3 Å². The summed E-state index contributed by atoms with van der Waals surface area (Å²) in [6, 6.07) is 3.02. The van der Waals surface area contributed by atoms with E-state index in [1.54, 1.807) is 6.20 Å². The van der Waals surface area contributed by atoms with Crippen LogP contribution in [0.2, 0.25) is 5.02 Å². The highest BCUT2D eigenvalue weighted by Crippen LogP contribution is 2.42. The van der Waals surface area contributed by atoms with Gasteiger partial charge in [0.1, 0.15) is 35.6 Å². The topological polar surface area (TPSA) is 94.8 Å². The van der Waals surface area contributed by atoms with Crippen molar-refractivity contribution in [2.45, 2.75) is 94.4 Å². The summed E-state index contributed by atoms with van der Waals surface area (Å²) in [4.78, 5) is 18.1. The fourth-order valence-corrected chi connectivity index (χ4v) is 8.34. The molecule has 0 spiro atoms. The van der Waals surface area contributed by atoms with Crippen LogP contribution in [0.25, 0.3) is 22.2 Å². The number of fused-ring (bicyclic) bond motifs is 8. The Hall–Kier alpha value is -2.82. The van der Waals surface area contributed by atoms with E-state index in [0.717, 1.165) is 63.5 Å². The van der Waals surface area contributed by atoms with E-state index < -0.39 is 23.1 Å². The molecule has 3 aromatic rings. The molecule has 236 valence electrons. The Morgan fingerprint density at radius 3 is 2.70 bits per heavy atom. The van der Waals surface area contributed by atoms with Gasteiger partial charge in [-0.1, -0.05) is 37.3 Å². The van der Waals surface area contributed by atoms with E-state index in [2.05, 4.69) is 14.9 Å². The summed E-state index contributed by atoms with van der Waals surface area (Å²) >= 11 is 6.61. The smallest absolute Gasteiger partial charge is 0.319 e. The molecule has 5 aliphatic heterocycles. The zero-order chi connectivity index (χ0) is 30.5. The van der Waals surface area contributed by atoms with Gasteiger partial charge in [0.2, 0.25) is 0 Å². The van der Waals surface area contributed by atoms with E-state index >= 15 is 4.39 Å². The molecule has 7 heterocycles. The minimum atomic E-state index is -0.900. The lowest BCUT2D eigenvalue weighted by Gasteiger charge is -2.40. The molecule has 0 aliphatic carbocycles. The highest BCUT2D eigenvalue weighted by Gasteiger charge is 2.49. The summed E-state index contributed by atoms with van der Waals surface area (Å²) in [5.74, 6) is -0.250. The van der Waals surface area contributed by atoms with Crippen LogP contribution in [0.1, 0.15) is 76.2 Å². The number of hydrogen-bond acceptors (Lipinski definition) is 8. The highest BCUT2D eigenvalue weighted by molar-refractivity contribution is 6.32. The minimum Gasteiger partial charge on any atom is -0.508 e. The number of halogens is 3. The molecule has 11 heteroatoms. The second-order valence-corrected chi connectivity index (χ2v) is 13.8. The largest absolute Gasteiger partial charge is 0.508 e. The Labute approximate surface area is 261 Å². The van der Waals surface area contributed by atoms with Gasteiger partial charge in [-0.2, -0.15) is 9.97 Å². The first-order valence-electron chi connectivity index (χ1n) is 16.1. The van der Waals surface area contributed by atoms with Gasteiger partial charge in [0.25, 0.3) is 0 Å². The van der Waals surface area contributed by atoms with Crippen molar-refractivity contribution in [2.75, 3.05) is 37.7 Å². The fourth-order valence-electron chi connectivity index (χ4n) is 8.03. The average molecular weight is 628 g/mol. The van der Waals surface area contributed by atoms with Crippen molar-refractivity contribution in [3.8, 4) is 23.0 Å². The van der Waals surface area contributed by atoms with E-state index in [9.17, 15) is 14.6 Å². The molecule has 1 aromatic carbocycles. The maximum absolute atomic E-state index is 16.7. The first-order valence-corrected chi connectivity index (χ1v) is 16.5. The second kappa shape index (κ2) is 11.8. The molecule has 8 nitrogen and oxygen atoms in total. The van der Waals surface area contributed by atoms with E-state index in [1.165, 1.54) is 12.1 Å².